The van der Waals surface area contributed by atoms with Crippen LogP contribution in [-0.2, 0) is 19.6 Å². The summed E-state index contributed by atoms with van der Waals surface area (Å²) in [6.45, 7) is 0.934. The van der Waals surface area contributed by atoms with E-state index in [-0.39, 0.29) is 21.0 Å². The number of nitrogens with one attached hydrogen (secondary N) is 1. The second-order valence-corrected chi connectivity index (χ2v) is 8.15. The van der Waals surface area contributed by atoms with Gasteiger partial charge in [-0.1, -0.05) is 17.8 Å². The molecule has 28 heavy (non-hydrogen) atoms. The van der Waals surface area contributed by atoms with E-state index in [2.05, 4.69) is 5.32 Å². The Labute approximate surface area is 164 Å². The lowest BCUT2D eigenvalue weighted by molar-refractivity contribution is -0.119. The number of primary sulfonamides is 1. The molecule has 150 valence electrons. The van der Waals surface area contributed by atoms with Crippen molar-refractivity contribution in [1.82, 2.24) is 0 Å². The van der Waals surface area contributed by atoms with Crippen LogP contribution in [0.3, 0.4) is 0 Å². The van der Waals surface area contributed by atoms with Crippen molar-refractivity contribution in [2.45, 2.75) is 22.5 Å². The van der Waals surface area contributed by atoms with Crippen LogP contribution in [0.2, 0.25) is 0 Å². The first-order chi connectivity index (χ1) is 13.1. The third kappa shape index (κ3) is 6.29. The van der Waals surface area contributed by atoms with Crippen LogP contribution in [0.1, 0.15) is 15.9 Å². The number of amides is 1. The molecule has 7 nitrogen and oxygen atoms in total. The van der Waals surface area contributed by atoms with Crippen LogP contribution in [-0.4, -0.2) is 32.7 Å². The lowest BCUT2D eigenvalue weighted by Crippen LogP contribution is -2.21. The molecule has 0 saturated heterocycles. The van der Waals surface area contributed by atoms with Gasteiger partial charge in [-0.2, -0.15) is 8.78 Å². The summed E-state index contributed by atoms with van der Waals surface area (Å²) in [6, 6.07) is 9.45. The van der Waals surface area contributed by atoms with Gasteiger partial charge in [-0.15, -0.1) is 0 Å². The molecule has 0 spiro atoms. The van der Waals surface area contributed by atoms with Crippen LogP contribution in [0.15, 0.2) is 52.3 Å². The highest BCUT2D eigenvalue weighted by Gasteiger charge is 2.15. The molecule has 2 rings (SSSR count). The number of ether oxygens (including phenoxy) is 1. The summed E-state index contributed by atoms with van der Waals surface area (Å²) in [5, 5.41) is 7.50. The van der Waals surface area contributed by atoms with Crippen LogP contribution in [0.5, 0.6) is 0 Å². The maximum atomic E-state index is 12.3. The highest BCUT2D eigenvalue weighted by molar-refractivity contribution is 7.99. The van der Waals surface area contributed by atoms with Crippen molar-refractivity contribution >= 4 is 39.3 Å². The lowest BCUT2D eigenvalue weighted by atomic mass is 10.2. The predicted octanol–water partition coefficient (Wildman–Crippen LogP) is 2.75. The van der Waals surface area contributed by atoms with Gasteiger partial charge in [0.25, 0.3) is 11.7 Å². The smallest absolute Gasteiger partial charge is 0.338 e. The first kappa shape index (κ1) is 21.8. The number of aryl methyl sites for hydroxylation is 1. The number of hydrogen-bond acceptors (Lipinski definition) is 6. The van der Waals surface area contributed by atoms with E-state index in [4.69, 9.17) is 9.88 Å². The molecule has 0 saturated carbocycles. The lowest BCUT2D eigenvalue weighted by Gasteiger charge is -2.09. The summed E-state index contributed by atoms with van der Waals surface area (Å²) >= 11 is 0.341. The van der Waals surface area contributed by atoms with Crippen molar-refractivity contribution in [2.75, 3.05) is 11.9 Å². The Bertz CT molecular complexity index is 980. The number of carbonyl (C=O) groups excluding carboxylic acids is 2. The normalized spacial score (nSPS) is 11.3. The number of hydrogen-bond donors (Lipinski definition) is 2. The SMILES string of the molecule is Cc1ccc(NC(=O)COC(=O)c2ccc(SC(F)F)cc2)cc1S(N)(=O)=O. The number of carbonyl (C=O) groups is 2. The monoisotopic (exact) mass is 430 g/mol. The van der Waals surface area contributed by atoms with E-state index >= 15 is 0 Å². The Morgan fingerprint density at radius 3 is 2.39 bits per heavy atom. The Morgan fingerprint density at radius 2 is 1.82 bits per heavy atom. The largest absolute Gasteiger partial charge is 0.452 e. The van der Waals surface area contributed by atoms with E-state index < -0.39 is 34.3 Å². The van der Waals surface area contributed by atoms with Crippen LogP contribution >= 0.6 is 11.8 Å². The van der Waals surface area contributed by atoms with Crippen LogP contribution in [0.25, 0.3) is 0 Å². The second-order valence-electron chi connectivity index (χ2n) is 5.55. The molecule has 11 heteroatoms. The van der Waals surface area contributed by atoms with Crippen molar-refractivity contribution in [1.29, 1.82) is 0 Å². The van der Waals surface area contributed by atoms with E-state index in [1.165, 1.54) is 42.5 Å². The second kappa shape index (κ2) is 9.13. The van der Waals surface area contributed by atoms with Gasteiger partial charge in [0.15, 0.2) is 6.61 Å². The molecule has 0 aliphatic heterocycles. The number of anilines is 1. The highest BCUT2D eigenvalue weighted by Crippen LogP contribution is 2.25. The zero-order valence-corrected chi connectivity index (χ0v) is 16.1. The van der Waals surface area contributed by atoms with E-state index in [1.807, 2.05) is 0 Å². The molecule has 2 aromatic carbocycles. The molecule has 0 radical (unpaired) electrons. The van der Waals surface area contributed by atoms with Gasteiger partial charge in [0.05, 0.1) is 10.5 Å². The number of benzene rings is 2. The molecule has 0 bridgehead atoms. The molecule has 0 aliphatic carbocycles. The molecule has 3 N–H and O–H groups in total. The summed E-state index contributed by atoms with van der Waals surface area (Å²) in [6.07, 6.45) is 0. The van der Waals surface area contributed by atoms with Crippen molar-refractivity contribution in [2.24, 2.45) is 5.14 Å². The molecule has 0 heterocycles. The Hall–Kier alpha value is -2.50. The predicted molar refractivity (Wildman–Crippen MR) is 99.8 cm³/mol. The summed E-state index contributed by atoms with van der Waals surface area (Å²) in [5.74, 6) is -4.07. The maximum absolute atomic E-state index is 12.3. The van der Waals surface area contributed by atoms with Gasteiger partial charge in [-0.05, 0) is 48.9 Å². The number of alkyl halides is 2. The van der Waals surface area contributed by atoms with Gasteiger partial charge >= 0.3 is 5.97 Å². The number of esters is 1. The van der Waals surface area contributed by atoms with Crippen LogP contribution in [0.4, 0.5) is 14.5 Å². The minimum atomic E-state index is -3.95. The first-order valence-electron chi connectivity index (χ1n) is 7.71. The van der Waals surface area contributed by atoms with E-state index in [0.717, 1.165) is 0 Å². The van der Waals surface area contributed by atoms with Crippen molar-refractivity contribution < 1.29 is 31.5 Å². The standard InChI is InChI=1S/C17H16F2N2O5S2/c1-10-2-5-12(8-14(10)28(20,24)25)21-15(22)9-26-16(23)11-3-6-13(7-4-11)27-17(18)19/h2-8,17H,9H2,1H3,(H,21,22)(H2,20,24,25). The molecular formula is C17H16F2N2O5S2. The number of halogens is 2. The van der Waals surface area contributed by atoms with Gasteiger partial charge in [0.1, 0.15) is 0 Å². The van der Waals surface area contributed by atoms with Gasteiger partial charge in [-0.25, -0.2) is 18.4 Å². The third-order valence-corrected chi connectivity index (χ3v) is 5.20. The van der Waals surface area contributed by atoms with Gasteiger partial charge in [0.2, 0.25) is 10.0 Å². The van der Waals surface area contributed by atoms with E-state index in [1.54, 1.807) is 6.92 Å². The summed E-state index contributed by atoms with van der Waals surface area (Å²) in [5.41, 5.74) is 0.683. The Morgan fingerprint density at radius 1 is 1.18 bits per heavy atom. The van der Waals surface area contributed by atoms with Crippen molar-refractivity contribution in [3.05, 3.63) is 53.6 Å². The molecule has 0 atom stereocenters. The van der Waals surface area contributed by atoms with E-state index in [9.17, 15) is 26.8 Å². The number of rotatable bonds is 7. The molecule has 0 aromatic heterocycles. The molecular weight excluding hydrogens is 414 g/mol. The number of nitrogens with two attached hydrogens (primary N) is 1. The highest BCUT2D eigenvalue weighted by atomic mass is 32.2. The molecule has 0 unspecified atom stereocenters. The molecule has 1 amide bonds. The van der Waals surface area contributed by atoms with Crippen molar-refractivity contribution in [3.63, 3.8) is 0 Å². The summed E-state index contributed by atoms with van der Waals surface area (Å²) < 4.78 is 52.4. The zero-order valence-electron chi connectivity index (χ0n) is 14.5. The summed E-state index contributed by atoms with van der Waals surface area (Å²) in [7, 11) is -3.95. The van der Waals surface area contributed by atoms with Gasteiger partial charge in [0, 0.05) is 10.6 Å². The zero-order chi connectivity index (χ0) is 20.9. The molecule has 0 fully saturated rings. The minimum Gasteiger partial charge on any atom is -0.452 e. The fourth-order valence-electron chi connectivity index (χ4n) is 2.17. The Kier molecular flexibility index (Phi) is 7.11. The van der Waals surface area contributed by atoms with Crippen LogP contribution < -0.4 is 10.5 Å². The number of sulfonamides is 1. The van der Waals surface area contributed by atoms with E-state index in [0.29, 0.717) is 17.3 Å². The van der Waals surface area contributed by atoms with Crippen molar-refractivity contribution in [3.8, 4) is 0 Å². The fraction of sp³-hybridized carbons (Fsp3) is 0.176. The maximum Gasteiger partial charge on any atom is 0.338 e. The number of thioether (sulfide) groups is 1. The fourth-order valence-corrected chi connectivity index (χ4v) is 3.48. The molecule has 0 aliphatic rings. The summed E-state index contributed by atoms with van der Waals surface area (Å²) in [4.78, 5) is 24.0. The molecule has 2 aromatic rings. The van der Waals surface area contributed by atoms with Gasteiger partial charge < -0.3 is 10.1 Å². The average Bonchev–Trinajstić information content (AvgIpc) is 2.60. The topological polar surface area (TPSA) is 116 Å². The average molecular weight is 430 g/mol. The third-order valence-electron chi connectivity index (χ3n) is 3.43. The minimum absolute atomic E-state index is 0.0956. The van der Waals surface area contributed by atoms with Crippen LogP contribution in [0, 0.1) is 6.92 Å². The Balaban J connectivity index is 1.94. The first-order valence-corrected chi connectivity index (χ1v) is 10.1. The van der Waals surface area contributed by atoms with Gasteiger partial charge in [-0.3, -0.25) is 4.79 Å². The quantitative estimate of drug-likeness (QED) is 0.516.